The Balaban J connectivity index is 1.86. The molecule has 0 unspecified atom stereocenters. The first-order valence-electron chi connectivity index (χ1n) is 8.09. The number of pyridine rings is 1. The lowest BCUT2D eigenvalue weighted by atomic mass is 9.90. The first-order chi connectivity index (χ1) is 11.5. The topological polar surface area (TPSA) is 79.6 Å². The van der Waals surface area contributed by atoms with Gasteiger partial charge in [-0.2, -0.15) is 0 Å². The summed E-state index contributed by atoms with van der Waals surface area (Å²) >= 11 is 0. The zero-order valence-electron chi connectivity index (χ0n) is 13.5. The lowest BCUT2D eigenvalue weighted by Crippen LogP contribution is -2.50. The van der Waals surface area contributed by atoms with Gasteiger partial charge < -0.3 is 14.6 Å². The molecule has 1 saturated heterocycles. The lowest BCUT2D eigenvalue weighted by Gasteiger charge is -2.37. The van der Waals surface area contributed by atoms with Crippen LogP contribution < -0.4 is 5.43 Å². The first-order valence-corrected chi connectivity index (χ1v) is 8.09. The van der Waals surface area contributed by atoms with Crippen LogP contribution >= 0.6 is 0 Å². The highest BCUT2D eigenvalue weighted by Crippen LogP contribution is 2.24. The van der Waals surface area contributed by atoms with Gasteiger partial charge in [0.2, 0.25) is 5.91 Å². The zero-order valence-corrected chi connectivity index (χ0v) is 13.5. The molecule has 24 heavy (non-hydrogen) atoms. The number of para-hydroxylation sites is 1. The van der Waals surface area contributed by atoms with Gasteiger partial charge in [0.25, 0.3) is 0 Å². The molecule has 0 saturated carbocycles. The number of fused-ring (bicyclic) bond motifs is 1. The zero-order chi connectivity index (χ0) is 17.3. The number of likely N-dealkylation sites (tertiary alicyclic amines) is 1. The van der Waals surface area contributed by atoms with Gasteiger partial charge in [-0.25, -0.2) is 0 Å². The molecule has 1 fully saturated rings. The highest BCUT2D eigenvalue weighted by molar-refractivity contribution is 5.83. The van der Waals surface area contributed by atoms with Crippen molar-refractivity contribution in [1.82, 2.24) is 9.47 Å². The fourth-order valence-electron chi connectivity index (χ4n) is 3.46. The number of carboxylic acid groups (broad SMARTS) is 1. The van der Waals surface area contributed by atoms with E-state index in [1.54, 1.807) is 34.7 Å². The minimum atomic E-state index is -0.853. The molecule has 1 aliphatic heterocycles. The van der Waals surface area contributed by atoms with Crippen molar-refractivity contribution >= 4 is 22.8 Å². The summed E-state index contributed by atoms with van der Waals surface area (Å²) in [5, 5.41) is 9.86. The summed E-state index contributed by atoms with van der Waals surface area (Å²) < 4.78 is 1.75. The third-order valence-corrected chi connectivity index (χ3v) is 4.82. The second kappa shape index (κ2) is 6.47. The maximum atomic E-state index is 12.7. The van der Waals surface area contributed by atoms with E-state index in [9.17, 15) is 19.5 Å². The van der Waals surface area contributed by atoms with Gasteiger partial charge in [-0.1, -0.05) is 12.1 Å². The van der Waals surface area contributed by atoms with Crippen LogP contribution in [-0.4, -0.2) is 39.0 Å². The molecule has 2 heterocycles. The Hall–Kier alpha value is -2.63. The molecule has 1 N–H and O–H groups in total. The Morgan fingerprint density at radius 1 is 1.25 bits per heavy atom. The highest BCUT2D eigenvalue weighted by Gasteiger charge is 2.35. The van der Waals surface area contributed by atoms with Crippen molar-refractivity contribution in [3.05, 3.63) is 46.8 Å². The number of amides is 1. The van der Waals surface area contributed by atoms with Gasteiger partial charge >= 0.3 is 5.97 Å². The van der Waals surface area contributed by atoms with Crippen molar-refractivity contribution < 1.29 is 14.7 Å². The average Bonchev–Trinajstić information content (AvgIpc) is 2.57. The Morgan fingerprint density at radius 3 is 2.75 bits per heavy atom. The van der Waals surface area contributed by atoms with E-state index in [1.165, 1.54) is 6.07 Å². The maximum Gasteiger partial charge on any atom is 0.308 e. The van der Waals surface area contributed by atoms with Crippen LogP contribution in [0, 0.1) is 5.92 Å². The molecule has 1 aliphatic rings. The van der Waals surface area contributed by atoms with Gasteiger partial charge in [0.15, 0.2) is 5.43 Å². The summed E-state index contributed by atoms with van der Waals surface area (Å²) in [6, 6.07) is 8.29. The van der Waals surface area contributed by atoms with Gasteiger partial charge in [0.1, 0.15) is 6.54 Å². The van der Waals surface area contributed by atoms with Crippen LogP contribution in [0.25, 0.3) is 10.9 Å². The Kier molecular flexibility index (Phi) is 4.38. The van der Waals surface area contributed by atoms with Crippen LogP contribution in [0.4, 0.5) is 0 Å². The molecule has 2 aromatic rings. The fourth-order valence-corrected chi connectivity index (χ4v) is 3.46. The third-order valence-electron chi connectivity index (χ3n) is 4.82. The van der Waals surface area contributed by atoms with Crippen molar-refractivity contribution in [2.45, 2.75) is 32.4 Å². The van der Waals surface area contributed by atoms with Crippen LogP contribution in [0.3, 0.4) is 0 Å². The van der Waals surface area contributed by atoms with Gasteiger partial charge in [-0.05, 0) is 31.9 Å². The SMILES string of the molecule is C[C@@H]1[C@H](C(=O)O)CCCN1C(=O)Cn1ccc(=O)c2ccccc21. The summed E-state index contributed by atoms with van der Waals surface area (Å²) in [5.41, 5.74) is 0.629. The molecule has 0 spiro atoms. The standard InChI is InChI=1S/C18H20N2O4/c1-12-13(18(23)24)6-4-9-20(12)17(22)11-19-10-8-16(21)14-5-2-3-7-15(14)19/h2-3,5,7-8,10,12-13H,4,6,9,11H2,1H3,(H,23,24)/t12-,13-/m1/s1. The predicted molar refractivity (Wildman–Crippen MR) is 89.7 cm³/mol. The van der Waals surface area contributed by atoms with E-state index < -0.39 is 11.9 Å². The maximum absolute atomic E-state index is 12.7. The molecular weight excluding hydrogens is 308 g/mol. The molecule has 6 heteroatoms. The summed E-state index contributed by atoms with van der Waals surface area (Å²) in [7, 11) is 0. The number of hydrogen-bond acceptors (Lipinski definition) is 3. The second-order valence-electron chi connectivity index (χ2n) is 6.24. The number of hydrogen-bond donors (Lipinski definition) is 1. The Morgan fingerprint density at radius 2 is 2.00 bits per heavy atom. The van der Waals surface area contributed by atoms with Crippen molar-refractivity contribution in [2.24, 2.45) is 5.92 Å². The second-order valence-corrected chi connectivity index (χ2v) is 6.24. The summed E-state index contributed by atoms with van der Waals surface area (Å²) in [4.78, 5) is 37.6. The van der Waals surface area contributed by atoms with E-state index in [-0.39, 0.29) is 23.9 Å². The van der Waals surface area contributed by atoms with Crippen LogP contribution in [0.2, 0.25) is 0 Å². The van der Waals surface area contributed by atoms with Crippen LogP contribution in [-0.2, 0) is 16.1 Å². The monoisotopic (exact) mass is 328 g/mol. The normalized spacial score (nSPS) is 21.0. The van der Waals surface area contributed by atoms with E-state index in [2.05, 4.69) is 0 Å². The smallest absolute Gasteiger partial charge is 0.308 e. The van der Waals surface area contributed by atoms with Gasteiger partial charge in [-0.3, -0.25) is 14.4 Å². The molecular formula is C18H20N2O4. The van der Waals surface area contributed by atoms with Crippen molar-refractivity contribution in [3.8, 4) is 0 Å². The number of rotatable bonds is 3. The molecule has 1 aromatic carbocycles. The quantitative estimate of drug-likeness (QED) is 0.930. The average molecular weight is 328 g/mol. The summed E-state index contributed by atoms with van der Waals surface area (Å²) in [5.74, 6) is -1.50. The molecule has 3 rings (SSSR count). The first kappa shape index (κ1) is 16.2. The fraction of sp³-hybridized carbons (Fsp3) is 0.389. The van der Waals surface area contributed by atoms with E-state index in [4.69, 9.17) is 0 Å². The lowest BCUT2D eigenvalue weighted by molar-refractivity contribution is -0.149. The number of nitrogens with zero attached hydrogens (tertiary/aromatic N) is 2. The number of carboxylic acids is 1. The van der Waals surface area contributed by atoms with E-state index in [1.807, 2.05) is 12.1 Å². The van der Waals surface area contributed by atoms with Crippen LogP contribution in [0.15, 0.2) is 41.3 Å². The van der Waals surface area contributed by atoms with Gasteiger partial charge in [0.05, 0.1) is 11.4 Å². The largest absolute Gasteiger partial charge is 0.481 e. The molecule has 0 bridgehead atoms. The van der Waals surface area contributed by atoms with Crippen molar-refractivity contribution in [1.29, 1.82) is 0 Å². The van der Waals surface area contributed by atoms with Gasteiger partial charge in [0, 0.05) is 30.2 Å². The predicted octanol–water partition coefficient (Wildman–Crippen LogP) is 1.71. The number of piperidine rings is 1. The number of aliphatic carboxylic acids is 1. The van der Waals surface area contributed by atoms with Gasteiger partial charge in [-0.15, -0.1) is 0 Å². The molecule has 1 amide bonds. The summed E-state index contributed by atoms with van der Waals surface area (Å²) in [6.45, 7) is 2.46. The number of carbonyl (C=O) groups is 2. The molecule has 1 aromatic heterocycles. The molecule has 2 atom stereocenters. The Labute approximate surface area is 139 Å². The van der Waals surface area contributed by atoms with E-state index in [0.717, 1.165) is 0 Å². The number of carbonyl (C=O) groups excluding carboxylic acids is 1. The van der Waals surface area contributed by atoms with Crippen LogP contribution in [0.1, 0.15) is 19.8 Å². The summed E-state index contributed by atoms with van der Waals surface area (Å²) in [6.07, 6.45) is 2.91. The Bertz CT molecular complexity index is 842. The van der Waals surface area contributed by atoms with Crippen molar-refractivity contribution in [3.63, 3.8) is 0 Å². The van der Waals surface area contributed by atoms with E-state index in [0.29, 0.717) is 30.3 Å². The minimum absolute atomic E-state index is 0.0772. The number of aromatic nitrogens is 1. The number of benzene rings is 1. The van der Waals surface area contributed by atoms with Crippen molar-refractivity contribution in [2.75, 3.05) is 6.54 Å². The molecule has 0 aliphatic carbocycles. The third kappa shape index (κ3) is 2.91. The van der Waals surface area contributed by atoms with Crippen LogP contribution in [0.5, 0.6) is 0 Å². The molecule has 126 valence electrons. The molecule has 6 nitrogen and oxygen atoms in total. The highest BCUT2D eigenvalue weighted by atomic mass is 16.4. The minimum Gasteiger partial charge on any atom is -0.481 e. The molecule has 0 radical (unpaired) electrons. The van der Waals surface area contributed by atoms with E-state index >= 15 is 0 Å².